The molecule has 1 amide bonds. The number of hydrogen-bond donors (Lipinski definition) is 1. The molecule has 1 aliphatic rings. The van der Waals surface area contributed by atoms with Gasteiger partial charge in [0.1, 0.15) is 6.04 Å². The van der Waals surface area contributed by atoms with E-state index in [0.29, 0.717) is 18.2 Å². The maximum Gasteiger partial charge on any atom is 0.290 e. The summed E-state index contributed by atoms with van der Waals surface area (Å²) in [6.45, 7) is 6.16. The molecule has 2 atom stereocenters. The first kappa shape index (κ1) is 18.2. The molecule has 24 heavy (non-hydrogen) atoms. The molecule has 1 N–H and O–H groups in total. The van der Waals surface area contributed by atoms with E-state index in [1.807, 2.05) is 6.07 Å². The fraction of sp³-hybridized carbons (Fsp3) is 0.526. The quantitative estimate of drug-likeness (QED) is 0.791. The van der Waals surface area contributed by atoms with Crippen molar-refractivity contribution < 1.29 is 14.7 Å². The summed E-state index contributed by atoms with van der Waals surface area (Å²) in [5.41, 5.74) is 0.773. The Kier molecular flexibility index (Phi) is 6.12. The zero-order valence-electron chi connectivity index (χ0n) is 14.7. The topological polar surface area (TPSA) is 70.5 Å². The molecule has 0 saturated carbocycles. The van der Waals surface area contributed by atoms with Crippen LogP contribution in [0.2, 0.25) is 0 Å². The van der Waals surface area contributed by atoms with Crippen LogP contribution in [0.1, 0.15) is 58.2 Å². The van der Waals surface area contributed by atoms with Gasteiger partial charge in [-0.25, -0.2) is 0 Å². The first-order valence-electron chi connectivity index (χ1n) is 8.67. The smallest absolute Gasteiger partial charge is 0.290 e. The van der Waals surface area contributed by atoms with E-state index in [4.69, 9.17) is 0 Å². The van der Waals surface area contributed by atoms with E-state index < -0.39 is 17.7 Å². The highest BCUT2D eigenvalue weighted by molar-refractivity contribution is 6.08. The molecule has 0 spiro atoms. The van der Waals surface area contributed by atoms with Crippen molar-refractivity contribution in [3.8, 4) is 0 Å². The summed E-state index contributed by atoms with van der Waals surface area (Å²) in [6, 6.07) is 4.82. The number of hydrogen-bond acceptors (Lipinski definition) is 4. The average molecular weight is 330 g/mol. The summed E-state index contributed by atoms with van der Waals surface area (Å²) >= 11 is 0. The second-order valence-corrected chi connectivity index (χ2v) is 6.35. The fourth-order valence-electron chi connectivity index (χ4n) is 3.24. The zero-order valence-corrected chi connectivity index (χ0v) is 14.7. The number of unbranched alkanes of at least 4 members (excludes halogenated alkanes) is 1. The van der Waals surface area contributed by atoms with Gasteiger partial charge in [-0.1, -0.05) is 39.2 Å². The molecule has 5 heteroatoms. The summed E-state index contributed by atoms with van der Waals surface area (Å²) in [5.74, 6) is -0.839. The molecule has 5 nitrogen and oxygen atoms in total. The highest BCUT2D eigenvalue weighted by Gasteiger charge is 2.43. The number of aromatic nitrogens is 1. The van der Waals surface area contributed by atoms with Crippen LogP contribution < -0.4 is 0 Å². The largest absolute Gasteiger partial charge is 0.503 e. The number of amides is 1. The van der Waals surface area contributed by atoms with Crippen molar-refractivity contribution >= 4 is 11.7 Å². The van der Waals surface area contributed by atoms with Crippen molar-refractivity contribution in [2.75, 3.05) is 6.54 Å². The van der Waals surface area contributed by atoms with Crippen LogP contribution >= 0.6 is 0 Å². The Bertz CT molecular complexity index is 625. The van der Waals surface area contributed by atoms with Gasteiger partial charge < -0.3 is 10.0 Å². The Morgan fingerprint density at radius 1 is 1.38 bits per heavy atom. The van der Waals surface area contributed by atoms with E-state index in [9.17, 15) is 14.7 Å². The number of rotatable bonds is 8. The molecule has 0 aromatic carbocycles. The maximum absolute atomic E-state index is 12.6. The molecule has 0 saturated heterocycles. The summed E-state index contributed by atoms with van der Waals surface area (Å²) < 4.78 is 0. The number of pyridine rings is 1. The van der Waals surface area contributed by atoms with E-state index in [1.165, 1.54) is 6.92 Å². The van der Waals surface area contributed by atoms with Gasteiger partial charge in [0.15, 0.2) is 11.5 Å². The number of Topliss-reactive ketones (excluding diaryl/α,β-unsaturated/α-hetero) is 1. The lowest BCUT2D eigenvalue weighted by Crippen LogP contribution is -2.35. The Balaban J connectivity index is 2.35. The Morgan fingerprint density at radius 2 is 2.12 bits per heavy atom. The third kappa shape index (κ3) is 3.66. The van der Waals surface area contributed by atoms with E-state index in [1.54, 1.807) is 23.2 Å². The van der Waals surface area contributed by atoms with Gasteiger partial charge in [-0.05, 0) is 31.4 Å². The zero-order chi connectivity index (χ0) is 17.7. The van der Waals surface area contributed by atoms with Gasteiger partial charge in [0.05, 0.1) is 11.3 Å². The van der Waals surface area contributed by atoms with Gasteiger partial charge >= 0.3 is 0 Å². The average Bonchev–Trinajstić information content (AvgIpc) is 2.84. The third-order valence-electron chi connectivity index (χ3n) is 4.65. The summed E-state index contributed by atoms with van der Waals surface area (Å²) in [6.07, 6.45) is 5.83. The Hall–Kier alpha value is -2.17. The Morgan fingerprint density at radius 3 is 2.67 bits per heavy atom. The van der Waals surface area contributed by atoms with Crippen LogP contribution in [-0.2, 0) is 9.59 Å². The molecule has 2 heterocycles. The lowest BCUT2D eigenvalue weighted by Gasteiger charge is -2.29. The predicted molar refractivity (Wildman–Crippen MR) is 92.3 cm³/mol. The van der Waals surface area contributed by atoms with Gasteiger partial charge in [0.2, 0.25) is 0 Å². The van der Waals surface area contributed by atoms with Gasteiger partial charge in [-0.2, -0.15) is 0 Å². The maximum atomic E-state index is 12.6. The molecule has 0 unspecified atom stereocenters. The minimum Gasteiger partial charge on any atom is -0.503 e. The number of aliphatic hydroxyl groups is 1. The lowest BCUT2D eigenvalue weighted by atomic mass is 9.96. The van der Waals surface area contributed by atoms with E-state index in [0.717, 1.165) is 25.7 Å². The van der Waals surface area contributed by atoms with Crippen LogP contribution in [0.25, 0.3) is 0 Å². The second kappa shape index (κ2) is 8.08. The first-order valence-corrected chi connectivity index (χ1v) is 8.67. The number of carbonyl (C=O) groups is 2. The molecule has 1 aromatic rings. The minimum absolute atomic E-state index is 0.157. The number of aliphatic hydroxyl groups excluding tert-OH is 1. The number of ketones is 1. The third-order valence-corrected chi connectivity index (χ3v) is 4.65. The van der Waals surface area contributed by atoms with Crippen molar-refractivity contribution in [2.45, 2.75) is 52.5 Å². The monoisotopic (exact) mass is 330 g/mol. The summed E-state index contributed by atoms with van der Waals surface area (Å²) in [7, 11) is 0. The van der Waals surface area contributed by atoms with Crippen LogP contribution in [0.5, 0.6) is 0 Å². The molecular formula is C19H26N2O3. The van der Waals surface area contributed by atoms with Crippen LogP contribution in [0.3, 0.4) is 0 Å². The molecular weight excluding hydrogens is 304 g/mol. The SMILES string of the molecule is CCCC[C@@H](CC)CN1C(=O)C(O)=C(C(C)=O)[C@@H]1c1ccccn1. The molecule has 130 valence electrons. The molecule has 2 rings (SSSR count). The van der Waals surface area contributed by atoms with Gasteiger partial charge in [0, 0.05) is 12.7 Å². The predicted octanol–water partition coefficient (Wildman–Crippen LogP) is 3.58. The van der Waals surface area contributed by atoms with E-state index in [-0.39, 0.29) is 11.4 Å². The minimum atomic E-state index is -0.591. The standard InChI is InChI=1S/C19H26N2O3/c1-4-6-9-14(5-2)12-21-17(15-10-7-8-11-20-15)16(13(3)22)18(23)19(21)24/h7-8,10-11,14,17,23H,4-6,9,12H2,1-3H3/t14-,17+/m1/s1. The molecule has 0 fully saturated rings. The second-order valence-electron chi connectivity index (χ2n) is 6.35. The van der Waals surface area contributed by atoms with Crippen molar-refractivity contribution in [3.05, 3.63) is 41.4 Å². The Labute approximate surface area is 143 Å². The molecule has 0 radical (unpaired) electrons. The highest BCUT2D eigenvalue weighted by Crippen LogP contribution is 2.37. The molecule has 0 bridgehead atoms. The number of nitrogens with zero attached hydrogens (tertiary/aromatic N) is 2. The summed E-state index contributed by atoms with van der Waals surface area (Å²) in [5, 5.41) is 10.2. The first-order chi connectivity index (χ1) is 11.5. The van der Waals surface area contributed by atoms with Gasteiger partial charge in [0.25, 0.3) is 5.91 Å². The van der Waals surface area contributed by atoms with Gasteiger partial charge in [-0.15, -0.1) is 0 Å². The van der Waals surface area contributed by atoms with Crippen molar-refractivity contribution in [3.63, 3.8) is 0 Å². The van der Waals surface area contributed by atoms with E-state index in [2.05, 4.69) is 18.8 Å². The van der Waals surface area contributed by atoms with Crippen LogP contribution in [-0.4, -0.2) is 33.2 Å². The van der Waals surface area contributed by atoms with Crippen LogP contribution in [0, 0.1) is 5.92 Å². The highest BCUT2D eigenvalue weighted by atomic mass is 16.3. The van der Waals surface area contributed by atoms with Crippen molar-refractivity contribution in [2.24, 2.45) is 5.92 Å². The van der Waals surface area contributed by atoms with Crippen molar-refractivity contribution in [1.29, 1.82) is 0 Å². The fourth-order valence-corrected chi connectivity index (χ4v) is 3.24. The lowest BCUT2D eigenvalue weighted by molar-refractivity contribution is -0.130. The summed E-state index contributed by atoms with van der Waals surface area (Å²) in [4.78, 5) is 30.5. The van der Waals surface area contributed by atoms with Gasteiger partial charge in [-0.3, -0.25) is 14.6 Å². The van der Waals surface area contributed by atoms with Crippen LogP contribution in [0.4, 0.5) is 0 Å². The van der Waals surface area contributed by atoms with Crippen LogP contribution in [0.15, 0.2) is 35.7 Å². The molecule has 0 aliphatic carbocycles. The molecule has 1 aromatic heterocycles. The number of carbonyl (C=O) groups excluding carboxylic acids is 2. The van der Waals surface area contributed by atoms with Crippen molar-refractivity contribution in [1.82, 2.24) is 9.88 Å². The van der Waals surface area contributed by atoms with E-state index >= 15 is 0 Å². The normalized spacial score (nSPS) is 19.0. The molecule has 1 aliphatic heterocycles.